The van der Waals surface area contributed by atoms with Gasteiger partial charge in [-0.3, -0.25) is 0 Å². The van der Waals surface area contributed by atoms with E-state index in [9.17, 15) is 0 Å². The molecule has 2 aromatic heterocycles. The van der Waals surface area contributed by atoms with Gasteiger partial charge in [0.05, 0.1) is 0 Å². The maximum absolute atomic E-state index is 5.49. The second kappa shape index (κ2) is 4.66. The standard InChI is InChI=1S/C15H14N4O2/c1-10-4-3-7-19-14(10)17-15(18-19)16-8-11-5-2-6-12-13(11)21-9-20-12/h2-7H,8-9H2,1H3,(H,16,18). The molecule has 0 unspecified atom stereocenters. The van der Waals surface area contributed by atoms with E-state index in [1.165, 1.54) is 0 Å². The SMILES string of the molecule is Cc1cccn2nc(NCc3cccc4c3OCO4)nc12. The molecule has 0 spiro atoms. The van der Waals surface area contributed by atoms with Crippen molar-refractivity contribution < 1.29 is 9.47 Å². The second-order valence-corrected chi connectivity index (χ2v) is 4.90. The molecule has 0 amide bonds. The molecule has 106 valence electrons. The van der Waals surface area contributed by atoms with Crippen molar-refractivity contribution in [2.75, 3.05) is 12.1 Å². The lowest BCUT2D eigenvalue weighted by Crippen LogP contribution is -2.02. The maximum Gasteiger partial charge on any atom is 0.243 e. The third kappa shape index (κ3) is 2.05. The fraction of sp³-hybridized carbons (Fsp3) is 0.200. The number of fused-ring (bicyclic) bond motifs is 2. The highest BCUT2D eigenvalue weighted by atomic mass is 16.7. The molecule has 6 heteroatoms. The Morgan fingerprint density at radius 2 is 2.19 bits per heavy atom. The van der Waals surface area contributed by atoms with Gasteiger partial charge in [-0.05, 0) is 24.6 Å². The average molecular weight is 282 g/mol. The molecule has 0 atom stereocenters. The van der Waals surface area contributed by atoms with Gasteiger partial charge in [0.1, 0.15) is 0 Å². The molecular weight excluding hydrogens is 268 g/mol. The smallest absolute Gasteiger partial charge is 0.243 e. The monoisotopic (exact) mass is 282 g/mol. The first-order valence-corrected chi connectivity index (χ1v) is 6.74. The van der Waals surface area contributed by atoms with Crippen molar-refractivity contribution in [2.24, 2.45) is 0 Å². The third-order valence-corrected chi connectivity index (χ3v) is 3.47. The second-order valence-electron chi connectivity index (χ2n) is 4.90. The van der Waals surface area contributed by atoms with Gasteiger partial charge in [-0.1, -0.05) is 18.2 Å². The van der Waals surface area contributed by atoms with E-state index >= 15 is 0 Å². The van der Waals surface area contributed by atoms with Crippen molar-refractivity contribution in [1.29, 1.82) is 0 Å². The summed E-state index contributed by atoms with van der Waals surface area (Å²) >= 11 is 0. The van der Waals surface area contributed by atoms with E-state index in [4.69, 9.17) is 9.47 Å². The van der Waals surface area contributed by atoms with Crippen molar-refractivity contribution in [3.63, 3.8) is 0 Å². The molecule has 0 bridgehead atoms. The van der Waals surface area contributed by atoms with Gasteiger partial charge in [0, 0.05) is 18.3 Å². The summed E-state index contributed by atoms with van der Waals surface area (Å²) in [5, 5.41) is 7.63. The van der Waals surface area contributed by atoms with Crippen LogP contribution in [0, 0.1) is 6.92 Å². The van der Waals surface area contributed by atoms with Crippen LogP contribution in [0.5, 0.6) is 11.5 Å². The molecule has 0 saturated carbocycles. The summed E-state index contributed by atoms with van der Waals surface area (Å²) in [7, 11) is 0. The molecule has 0 aliphatic carbocycles. The van der Waals surface area contributed by atoms with Crippen LogP contribution in [0.2, 0.25) is 0 Å². The Bertz CT molecular complexity index is 813. The number of pyridine rings is 1. The fourth-order valence-corrected chi connectivity index (χ4v) is 2.42. The predicted octanol–water partition coefficient (Wildman–Crippen LogP) is 2.38. The van der Waals surface area contributed by atoms with E-state index < -0.39 is 0 Å². The number of aryl methyl sites for hydroxylation is 1. The van der Waals surface area contributed by atoms with Crippen LogP contribution in [0.4, 0.5) is 5.95 Å². The number of hydrogen-bond donors (Lipinski definition) is 1. The molecule has 3 heterocycles. The Hall–Kier alpha value is -2.76. The maximum atomic E-state index is 5.49. The first-order chi connectivity index (χ1) is 10.3. The van der Waals surface area contributed by atoms with Gasteiger partial charge in [-0.25, -0.2) is 4.52 Å². The van der Waals surface area contributed by atoms with E-state index in [0.29, 0.717) is 12.5 Å². The van der Waals surface area contributed by atoms with E-state index in [0.717, 1.165) is 28.3 Å². The van der Waals surface area contributed by atoms with E-state index in [1.54, 1.807) is 4.52 Å². The molecule has 1 N–H and O–H groups in total. The highest BCUT2D eigenvalue weighted by Crippen LogP contribution is 2.35. The van der Waals surface area contributed by atoms with Crippen LogP contribution >= 0.6 is 0 Å². The van der Waals surface area contributed by atoms with Crippen molar-refractivity contribution >= 4 is 11.6 Å². The summed E-state index contributed by atoms with van der Waals surface area (Å²) in [6, 6.07) is 9.82. The molecule has 1 aliphatic heterocycles. The zero-order chi connectivity index (χ0) is 14.2. The van der Waals surface area contributed by atoms with Gasteiger partial charge in [-0.15, -0.1) is 5.10 Å². The summed E-state index contributed by atoms with van der Waals surface area (Å²) in [5.74, 6) is 2.18. The van der Waals surface area contributed by atoms with Gasteiger partial charge in [0.25, 0.3) is 0 Å². The van der Waals surface area contributed by atoms with Crippen LogP contribution < -0.4 is 14.8 Å². The Morgan fingerprint density at radius 3 is 3.10 bits per heavy atom. The summed E-state index contributed by atoms with van der Waals surface area (Å²) in [6.45, 7) is 2.88. The number of anilines is 1. The number of para-hydroxylation sites is 1. The van der Waals surface area contributed by atoms with Crippen molar-refractivity contribution in [3.8, 4) is 11.5 Å². The number of benzene rings is 1. The van der Waals surface area contributed by atoms with Crippen LogP contribution in [-0.2, 0) is 6.54 Å². The molecule has 21 heavy (non-hydrogen) atoms. The van der Waals surface area contributed by atoms with Crippen LogP contribution in [0.3, 0.4) is 0 Å². The fourth-order valence-electron chi connectivity index (χ4n) is 2.42. The van der Waals surface area contributed by atoms with Gasteiger partial charge in [-0.2, -0.15) is 4.98 Å². The summed E-state index contributed by atoms with van der Waals surface area (Å²) < 4.78 is 12.6. The number of rotatable bonds is 3. The predicted molar refractivity (Wildman–Crippen MR) is 77.6 cm³/mol. The van der Waals surface area contributed by atoms with Crippen LogP contribution in [0.15, 0.2) is 36.5 Å². The summed E-state index contributed by atoms with van der Waals surface area (Å²) in [5.41, 5.74) is 2.98. The number of ether oxygens (including phenoxy) is 2. The minimum Gasteiger partial charge on any atom is -0.454 e. The zero-order valence-corrected chi connectivity index (χ0v) is 11.5. The largest absolute Gasteiger partial charge is 0.454 e. The molecule has 0 saturated heterocycles. The highest BCUT2D eigenvalue weighted by Gasteiger charge is 2.17. The summed E-state index contributed by atoms with van der Waals surface area (Å²) in [6.07, 6.45) is 1.89. The number of aromatic nitrogens is 3. The Balaban J connectivity index is 1.59. The molecule has 1 aromatic carbocycles. The quantitative estimate of drug-likeness (QED) is 0.799. The minimum atomic E-state index is 0.276. The Kier molecular flexibility index (Phi) is 2.67. The van der Waals surface area contributed by atoms with Gasteiger partial charge < -0.3 is 14.8 Å². The van der Waals surface area contributed by atoms with Crippen LogP contribution in [0.1, 0.15) is 11.1 Å². The zero-order valence-electron chi connectivity index (χ0n) is 11.5. The number of hydrogen-bond acceptors (Lipinski definition) is 5. The van der Waals surface area contributed by atoms with Crippen LogP contribution in [0.25, 0.3) is 5.65 Å². The molecular formula is C15H14N4O2. The van der Waals surface area contributed by atoms with E-state index in [-0.39, 0.29) is 6.79 Å². The average Bonchev–Trinajstić information content (AvgIpc) is 3.12. The molecule has 1 aliphatic rings. The number of nitrogens with zero attached hydrogens (tertiary/aromatic N) is 3. The molecule has 0 fully saturated rings. The topological polar surface area (TPSA) is 60.7 Å². The van der Waals surface area contributed by atoms with Gasteiger partial charge in [0.2, 0.25) is 12.7 Å². The lowest BCUT2D eigenvalue weighted by Gasteiger charge is -2.05. The highest BCUT2D eigenvalue weighted by molar-refractivity contribution is 5.52. The molecule has 0 radical (unpaired) electrons. The molecule has 4 rings (SSSR count). The van der Waals surface area contributed by atoms with Gasteiger partial charge >= 0.3 is 0 Å². The Labute approximate surface area is 121 Å². The lowest BCUT2D eigenvalue weighted by atomic mass is 10.2. The van der Waals surface area contributed by atoms with E-state index in [2.05, 4.69) is 15.4 Å². The van der Waals surface area contributed by atoms with Crippen molar-refractivity contribution in [2.45, 2.75) is 13.5 Å². The lowest BCUT2D eigenvalue weighted by molar-refractivity contribution is 0.173. The van der Waals surface area contributed by atoms with Crippen LogP contribution in [-0.4, -0.2) is 21.4 Å². The third-order valence-electron chi connectivity index (χ3n) is 3.47. The Morgan fingerprint density at radius 1 is 1.24 bits per heavy atom. The van der Waals surface area contributed by atoms with E-state index in [1.807, 2.05) is 43.5 Å². The molecule has 3 aromatic rings. The van der Waals surface area contributed by atoms with Crippen molar-refractivity contribution in [1.82, 2.24) is 14.6 Å². The van der Waals surface area contributed by atoms with Crippen molar-refractivity contribution in [3.05, 3.63) is 47.7 Å². The normalized spacial score (nSPS) is 12.8. The molecule has 6 nitrogen and oxygen atoms in total. The minimum absolute atomic E-state index is 0.276. The first-order valence-electron chi connectivity index (χ1n) is 6.74. The number of nitrogens with one attached hydrogen (secondary N) is 1. The van der Waals surface area contributed by atoms with Gasteiger partial charge in [0.15, 0.2) is 17.1 Å². The summed E-state index contributed by atoms with van der Waals surface area (Å²) in [4.78, 5) is 4.49. The first kappa shape index (κ1) is 12.0.